The number of hydrogen-bond acceptors (Lipinski definition) is 1. The van der Waals surface area contributed by atoms with Crippen molar-refractivity contribution >= 4 is 11.3 Å². The summed E-state index contributed by atoms with van der Waals surface area (Å²) in [6.45, 7) is 10.4. The van der Waals surface area contributed by atoms with Crippen LogP contribution < -0.4 is 5.73 Å². The number of fused-ring (bicyclic) bond motifs is 1. The first-order chi connectivity index (χ1) is 7.98. The number of allylic oxidation sites excluding steroid dienone is 5. The molecule has 0 bridgehead atoms. The van der Waals surface area contributed by atoms with Gasteiger partial charge in [0, 0.05) is 11.1 Å². The van der Waals surface area contributed by atoms with Gasteiger partial charge in [0.2, 0.25) is 0 Å². The van der Waals surface area contributed by atoms with Crippen molar-refractivity contribution in [2.45, 2.75) is 26.2 Å². The van der Waals surface area contributed by atoms with E-state index in [1.165, 1.54) is 22.3 Å². The molecule has 1 heteroatoms. The molecule has 0 aliphatic heterocycles. The van der Waals surface area contributed by atoms with Crippen LogP contribution in [0.2, 0.25) is 0 Å². The number of rotatable bonds is 2. The summed E-state index contributed by atoms with van der Waals surface area (Å²) in [5, 5.41) is 0. The molecule has 0 unspecified atom stereocenters. The minimum atomic E-state index is 0.0611. The second kappa shape index (κ2) is 3.92. The van der Waals surface area contributed by atoms with Crippen molar-refractivity contribution in [3.8, 4) is 0 Å². The van der Waals surface area contributed by atoms with Crippen LogP contribution in [0, 0.1) is 0 Å². The molecule has 0 fully saturated rings. The Balaban J connectivity index is 2.66. The van der Waals surface area contributed by atoms with E-state index in [4.69, 9.17) is 5.73 Å². The highest BCUT2D eigenvalue weighted by Gasteiger charge is 2.34. The maximum Gasteiger partial charge on any atom is 0.0317 e. The van der Waals surface area contributed by atoms with Gasteiger partial charge in [-0.25, -0.2) is 0 Å². The van der Waals surface area contributed by atoms with Crippen molar-refractivity contribution in [1.29, 1.82) is 0 Å². The molecule has 0 saturated heterocycles. The van der Waals surface area contributed by atoms with E-state index in [-0.39, 0.29) is 5.41 Å². The Morgan fingerprint density at radius 1 is 1.29 bits per heavy atom. The Labute approximate surface area is 103 Å². The van der Waals surface area contributed by atoms with Gasteiger partial charge in [-0.1, -0.05) is 50.3 Å². The van der Waals surface area contributed by atoms with Crippen molar-refractivity contribution in [2.75, 3.05) is 5.73 Å². The first kappa shape index (κ1) is 11.7. The largest absolute Gasteiger partial charge is 0.399 e. The second-order valence-electron chi connectivity index (χ2n) is 5.06. The van der Waals surface area contributed by atoms with Gasteiger partial charge in [0.05, 0.1) is 0 Å². The maximum atomic E-state index is 5.89. The lowest BCUT2D eigenvalue weighted by Gasteiger charge is -2.22. The zero-order valence-electron chi connectivity index (χ0n) is 10.7. The zero-order chi connectivity index (χ0) is 12.6. The SMILES string of the molecule is C=C/C=C\C1=C(C)C(C)(C)c2cc(N)ccc21. The maximum absolute atomic E-state index is 5.89. The molecule has 0 heterocycles. The van der Waals surface area contributed by atoms with Crippen molar-refractivity contribution in [3.63, 3.8) is 0 Å². The summed E-state index contributed by atoms with van der Waals surface area (Å²) in [4.78, 5) is 0. The van der Waals surface area contributed by atoms with Crippen LogP contribution in [-0.2, 0) is 5.41 Å². The molecule has 0 amide bonds. The fourth-order valence-corrected chi connectivity index (χ4v) is 2.43. The van der Waals surface area contributed by atoms with E-state index in [1.54, 1.807) is 0 Å². The molecule has 0 aromatic heterocycles. The first-order valence-electron chi connectivity index (χ1n) is 5.89. The Morgan fingerprint density at radius 2 is 2.00 bits per heavy atom. The van der Waals surface area contributed by atoms with Gasteiger partial charge < -0.3 is 5.73 Å². The van der Waals surface area contributed by atoms with Crippen LogP contribution in [-0.4, -0.2) is 0 Å². The average Bonchev–Trinajstić information content (AvgIpc) is 2.47. The van der Waals surface area contributed by atoms with Crippen molar-refractivity contribution in [1.82, 2.24) is 0 Å². The van der Waals surface area contributed by atoms with Crippen molar-refractivity contribution in [2.24, 2.45) is 0 Å². The van der Waals surface area contributed by atoms with Crippen LogP contribution in [0.1, 0.15) is 31.9 Å². The molecular formula is C16H19N. The molecule has 0 spiro atoms. The Kier molecular flexibility index (Phi) is 2.70. The molecule has 2 N–H and O–H groups in total. The smallest absolute Gasteiger partial charge is 0.0317 e. The molecule has 1 aromatic rings. The lowest BCUT2D eigenvalue weighted by atomic mass is 9.82. The minimum Gasteiger partial charge on any atom is -0.399 e. The monoisotopic (exact) mass is 225 g/mol. The fraction of sp³-hybridized carbons (Fsp3) is 0.250. The summed E-state index contributed by atoms with van der Waals surface area (Å²) in [5.74, 6) is 0. The third kappa shape index (κ3) is 1.72. The first-order valence-corrected chi connectivity index (χ1v) is 5.89. The van der Waals surface area contributed by atoms with Gasteiger partial charge in [0.15, 0.2) is 0 Å². The van der Waals surface area contributed by atoms with Gasteiger partial charge in [0.1, 0.15) is 0 Å². The predicted molar refractivity (Wildman–Crippen MR) is 75.8 cm³/mol. The Bertz CT molecular complexity index is 530. The van der Waals surface area contributed by atoms with Crippen molar-refractivity contribution < 1.29 is 0 Å². The van der Waals surface area contributed by atoms with Crippen LogP contribution >= 0.6 is 0 Å². The number of benzene rings is 1. The highest BCUT2D eigenvalue weighted by atomic mass is 14.5. The topological polar surface area (TPSA) is 26.0 Å². The van der Waals surface area contributed by atoms with Gasteiger partial charge in [0.25, 0.3) is 0 Å². The third-order valence-corrected chi connectivity index (χ3v) is 3.75. The van der Waals surface area contributed by atoms with Gasteiger partial charge in [-0.15, -0.1) is 0 Å². The number of hydrogen-bond donors (Lipinski definition) is 1. The Morgan fingerprint density at radius 3 is 2.65 bits per heavy atom. The van der Waals surface area contributed by atoms with Crippen LogP contribution in [0.15, 0.2) is 48.6 Å². The normalized spacial score (nSPS) is 17.6. The van der Waals surface area contributed by atoms with E-state index in [0.29, 0.717) is 0 Å². The fourth-order valence-electron chi connectivity index (χ4n) is 2.43. The molecule has 1 aromatic carbocycles. The number of anilines is 1. The van der Waals surface area contributed by atoms with Gasteiger partial charge in [-0.2, -0.15) is 0 Å². The summed E-state index contributed by atoms with van der Waals surface area (Å²) < 4.78 is 0. The van der Waals surface area contributed by atoms with Gasteiger partial charge >= 0.3 is 0 Å². The third-order valence-electron chi connectivity index (χ3n) is 3.75. The summed E-state index contributed by atoms with van der Waals surface area (Å²) in [6.07, 6.45) is 5.93. The number of nitrogen functional groups attached to an aromatic ring is 1. The van der Waals surface area contributed by atoms with E-state index in [0.717, 1.165) is 5.69 Å². The lowest BCUT2D eigenvalue weighted by molar-refractivity contribution is 0.639. The lowest BCUT2D eigenvalue weighted by Crippen LogP contribution is -2.15. The van der Waals surface area contributed by atoms with E-state index < -0.39 is 0 Å². The second-order valence-corrected chi connectivity index (χ2v) is 5.06. The predicted octanol–water partition coefficient (Wildman–Crippen LogP) is 4.08. The van der Waals surface area contributed by atoms with Crippen LogP contribution in [0.4, 0.5) is 5.69 Å². The van der Waals surface area contributed by atoms with Crippen LogP contribution in [0.3, 0.4) is 0 Å². The van der Waals surface area contributed by atoms with E-state index in [1.807, 2.05) is 18.2 Å². The molecule has 1 aliphatic rings. The van der Waals surface area contributed by atoms with Gasteiger partial charge in [-0.05, 0) is 35.8 Å². The Hall–Kier alpha value is -1.76. The molecular weight excluding hydrogens is 206 g/mol. The number of nitrogens with two attached hydrogens (primary N) is 1. The average molecular weight is 225 g/mol. The van der Waals surface area contributed by atoms with E-state index >= 15 is 0 Å². The van der Waals surface area contributed by atoms with Crippen LogP contribution in [0.5, 0.6) is 0 Å². The molecule has 0 radical (unpaired) electrons. The summed E-state index contributed by atoms with van der Waals surface area (Å²) in [5.41, 5.74) is 12.1. The van der Waals surface area contributed by atoms with Crippen LogP contribution in [0.25, 0.3) is 5.57 Å². The minimum absolute atomic E-state index is 0.0611. The molecule has 88 valence electrons. The summed E-state index contributed by atoms with van der Waals surface area (Å²) >= 11 is 0. The highest BCUT2D eigenvalue weighted by Crippen LogP contribution is 2.46. The standard InChI is InChI=1S/C16H19N/c1-5-6-7-13-11(2)16(3,4)15-10-12(17)8-9-14(13)15/h5-10H,1,17H2,2-4H3/b7-6-. The summed E-state index contributed by atoms with van der Waals surface area (Å²) in [7, 11) is 0. The molecule has 2 rings (SSSR count). The quantitative estimate of drug-likeness (QED) is 0.595. The van der Waals surface area contributed by atoms with E-state index in [2.05, 4.69) is 45.6 Å². The molecule has 0 atom stereocenters. The van der Waals surface area contributed by atoms with Crippen molar-refractivity contribution in [3.05, 3.63) is 59.7 Å². The molecule has 0 saturated carbocycles. The molecule has 1 nitrogen and oxygen atoms in total. The summed E-state index contributed by atoms with van der Waals surface area (Å²) in [6, 6.07) is 6.18. The highest BCUT2D eigenvalue weighted by molar-refractivity contribution is 5.86. The van der Waals surface area contributed by atoms with E-state index in [9.17, 15) is 0 Å². The van der Waals surface area contributed by atoms with Gasteiger partial charge in [-0.3, -0.25) is 0 Å². The molecule has 17 heavy (non-hydrogen) atoms. The molecule has 1 aliphatic carbocycles. The zero-order valence-corrected chi connectivity index (χ0v) is 10.7.